The third kappa shape index (κ3) is 3.99. The summed E-state index contributed by atoms with van der Waals surface area (Å²) in [4.78, 5) is 29.8. The Morgan fingerprint density at radius 3 is 2.53 bits per heavy atom. The average molecular weight is 407 g/mol. The van der Waals surface area contributed by atoms with Crippen molar-refractivity contribution in [1.82, 2.24) is 9.80 Å². The van der Waals surface area contributed by atoms with E-state index in [4.69, 9.17) is 4.74 Å². The van der Waals surface area contributed by atoms with Crippen LogP contribution in [0.25, 0.3) is 11.1 Å². The minimum Gasteiger partial charge on any atom is -0.368 e. The van der Waals surface area contributed by atoms with E-state index in [1.54, 1.807) is 19.0 Å². The Labute approximate surface area is 178 Å². The van der Waals surface area contributed by atoms with Crippen LogP contribution in [0, 0.1) is 5.41 Å². The molecule has 2 atom stereocenters. The summed E-state index contributed by atoms with van der Waals surface area (Å²) in [6.07, 6.45) is 2.65. The van der Waals surface area contributed by atoms with E-state index in [0.29, 0.717) is 32.5 Å². The molecule has 2 unspecified atom stereocenters. The molecule has 158 valence electrons. The fourth-order valence-electron chi connectivity index (χ4n) is 4.84. The Bertz CT molecular complexity index is 906. The highest BCUT2D eigenvalue weighted by atomic mass is 16.5. The molecule has 30 heavy (non-hydrogen) atoms. The number of likely N-dealkylation sites (tertiary alicyclic amines) is 1. The van der Waals surface area contributed by atoms with E-state index in [9.17, 15) is 9.59 Å². The third-order valence-electron chi connectivity index (χ3n) is 6.36. The molecular weight excluding hydrogens is 376 g/mol. The summed E-state index contributed by atoms with van der Waals surface area (Å²) in [5.74, 6) is 0.130. The first-order valence-electron chi connectivity index (χ1n) is 10.8. The molecule has 2 aromatic carbocycles. The van der Waals surface area contributed by atoms with Gasteiger partial charge in [-0.05, 0) is 42.4 Å². The van der Waals surface area contributed by atoms with Gasteiger partial charge in [-0.1, -0.05) is 54.6 Å². The van der Waals surface area contributed by atoms with E-state index < -0.39 is 5.41 Å². The monoisotopic (exact) mass is 406 g/mol. The Hall–Kier alpha value is -2.66. The lowest BCUT2D eigenvalue weighted by Crippen LogP contribution is -2.46. The van der Waals surface area contributed by atoms with Crippen LogP contribution in [-0.2, 0) is 20.7 Å². The van der Waals surface area contributed by atoms with Crippen LogP contribution in [0.4, 0.5) is 0 Å². The summed E-state index contributed by atoms with van der Waals surface area (Å²) < 4.78 is 5.61. The lowest BCUT2D eigenvalue weighted by molar-refractivity contribution is -0.142. The van der Waals surface area contributed by atoms with Crippen molar-refractivity contribution in [3.8, 4) is 11.1 Å². The maximum Gasteiger partial charge on any atom is 0.251 e. The van der Waals surface area contributed by atoms with Gasteiger partial charge in [-0.25, -0.2) is 0 Å². The number of hydrogen-bond donors (Lipinski definition) is 0. The number of benzene rings is 2. The molecule has 0 N–H and O–H groups in total. The number of amides is 2. The van der Waals surface area contributed by atoms with Crippen molar-refractivity contribution in [2.24, 2.45) is 5.41 Å². The van der Waals surface area contributed by atoms with Gasteiger partial charge < -0.3 is 14.5 Å². The first-order valence-corrected chi connectivity index (χ1v) is 10.8. The van der Waals surface area contributed by atoms with Crippen LogP contribution >= 0.6 is 0 Å². The van der Waals surface area contributed by atoms with Crippen LogP contribution < -0.4 is 0 Å². The van der Waals surface area contributed by atoms with Crippen molar-refractivity contribution in [1.29, 1.82) is 0 Å². The number of hydrogen-bond acceptors (Lipinski definition) is 3. The van der Waals surface area contributed by atoms with Crippen molar-refractivity contribution >= 4 is 11.8 Å². The van der Waals surface area contributed by atoms with Gasteiger partial charge in [0.15, 0.2) is 0 Å². The molecule has 4 rings (SSSR count). The van der Waals surface area contributed by atoms with Gasteiger partial charge in [0.05, 0.1) is 5.41 Å². The van der Waals surface area contributed by atoms with E-state index >= 15 is 0 Å². The minimum absolute atomic E-state index is 0.0391. The highest BCUT2D eigenvalue weighted by molar-refractivity contribution is 5.87. The summed E-state index contributed by atoms with van der Waals surface area (Å²) in [6.45, 7) is 1.70. The maximum absolute atomic E-state index is 13.4. The molecule has 2 heterocycles. The summed E-state index contributed by atoms with van der Waals surface area (Å²) in [5, 5.41) is 0. The largest absolute Gasteiger partial charge is 0.368 e. The average Bonchev–Trinajstić information content (AvgIpc) is 3.45. The summed E-state index contributed by atoms with van der Waals surface area (Å²) in [5.41, 5.74) is 2.83. The predicted octanol–water partition coefficient (Wildman–Crippen LogP) is 3.38. The summed E-state index contributed by atoms with van der Waals surface area (Å²) in [7, 11) is 3.61. The lowest BCUT2D eigenvalue weighted by atomic mass is 9.77. The molecule has 2 aromatic rings. The van der Waals surface area contributed by atoms with Gasteiger partial charge in [0.1, 0.15) is 6.10 Å². The van der Waals surface area contributed by atoms with Gasteiger partial charge in [0, 0.05) is 33.8 Å². The fourth-order valence-corrected chi connectivity index (χ4v) is 4.84. The number of carbonyl (C=O) groups is 2. The Kier molecular flexibility index (Phi) is 5.91. The second kappa shape index (κ2) is 8.60. The van der Waals surface area contributed by atoms with Crippen molar-refractivity contribution in [2.45, 2.75) is 31.8 Å². The van der Waals surface area contributed by atoms with Crippen molar-refractivity contribution in [3.63, 3.8) is 0 Å². The zero-order valence-electron chi connectivity index (χ0n) is 17.8. The van der Waals surface area contributed by atoms with Crippen LogP contribution in [-0.4, -0.2) is 61.5 Å². The number of rotatable bonds is 5. The Morgan fingerprint density at radius 1 is 1.10 bits per heavy atom. The Morgan fingerprint density at radius 2 is 1.83 bits per heavy atom. The van der Waals surface area contributed by atoms with Gasteiger partial charge >= 0.3 is 0 Å². The van der Waals surface area contributed by atoms with E-state index in [-0.39, 0.29) is 17.9 Å². The Balaban J connectivity index is 1.64. The molecule has 2 amide bonds. The molecule has 0 bridgehead atoms. The fraction of sp³-hybridized carbons (Fsp3) is 0.440. The van der Waals surface area contributed by atoms with Gasteiger partial charge in [0.25, 0.3) is 5.91 Å². The molecule has 0 saturated carbocycles. The van der Waals surface area contributed by atoms with E-state index in [1.165, 1.54) is 0 Å². The molecule has 5 heteroatoms. The first kappa shape index (κ1) is 20.6. The van der Waals surface area contributed by atoms with Crippen molar-refractivity contribution in [3.05, 3.63) is 60.2 Å². The van der Waals surface area contributed by atoms with E-state index in [0.717, 1.165) is 29.5 Å². The smallest absolute Gasteiger partial charge is 0.251 e. The standard InChI is InChI=1S/C25H30N2O3/c1-26(2)24(29)25(14-15-27(18-25)23(28)22-13-8-16-30-22)17-20-11-6-7-12-21(20)19-9-4-3-5-10-19/h3-7,9-12,22H,8,13-18H2,1-2H3. The normalized spacial score (nSPS) is 23.5. The molecule has 5 nitrogen and oxygen atoms in total. The number of carbonyl (C=O) groups excluding carboxylic acids is 2. The molecule has 2 aliphatic heterocycles. The van der Waals surface area contributed by atoms with Gasteiger partial charge in [-0.2, -0.15) is 0 Å². The van der Waals surface area contributed by atoms with Gasteiger partial charge in [0.2, 0.25) is 5.91 Å². The molecule has 2 fully saturated rings. The van der Waals surface area contributed by atoms with Gasteiger partial charge in [-0.15, -0.1) is 0 Å². The topological polar surface area (TPSA) is 49.9 Å². The number of ether oxygens (including phenoxy) is 1. The maximum atomic E-state index is 13.4. The van der Waals surface area contributed by atoms with Crippen LogP contribution in [0.5, 0.6) is 0 Å². The third-order valence-corrected chi connectivity index (χ3v) is 6.36. The van der Waals surface area contributed by atoms with Crippen LogP contribution in [0.15, 0.2) is 54.6 Å². The zero-order valence-corrected chi connectivity index (χ0v) is 17.8. The second-order valence-electron chi connectivity index (χ2n) is 8.69. The molecule has 2 aliphatic rings. The van der Waals surface area contributed by atoms with E-state index in [2.05, 4.69) is 24.3 Å². The van der Waals surface area contributed by atoms with E-state index in [1.807, 2.05) is 35.2 Å². The highest BCUT2D eigenvalue weighted by Gasteiger charge is 2.48. The summed E-state index contributed by atoms with van der Waals surface area (Å²) >= 11 is 0. The molecule has 2 saturated heterocycles. The quantitative estimate of drug-likeness (QED) is 0.765. The molecule has 0 spiro atoms. The second-order valence-corrected chi connectivity index (χ2v) is 8.69. The SMILES string of the molecule is CN(C)C(=O)C1(Cc2ccccc2-c2ccccc2)CCN(C(=O)C2CCCO2)C1. The molecule has 0 radical (unpaired) electrons. The van der Waals surface area contributed by atoms with Crippen molar-refractivity contribution < 1.29 is 14.3 Å². The highest BCUT2D eigenvalue weighted by Crippen LogP contribution is 2.39. The van der Waals surface area contributed by atoms with Gasteiger partial charge in [-0.3, -0.25) is 9.59 Å². The van der Waals surface area contributed by atoms with Crippen molar-refractivity contribution in [2.75, 3.05) is 33.8 Å². The molecule has 0 aliphatic carbocycles. The predicted molar refractivity (Wildman–Crippen MR) is 117 cm³/mol. The zero-order chi connectivity index (χ0) is 21.1. The lowest BCUT2D eigenvalue weighted by Gasteiger charge is -2.32. The van der Waals surface area contributed by atoms with Crippen LogP contribution in [0.2, 0.25) is 0 Å². The molecule has 0 aromatic heterocycles. The number of nitrogens with zero attached hydrogens (tertiary/aromatic N) is 2. The molecular formula is C25H30N2O3. The van der Waals surface area contributed by atoms with Crippen LogP contribution in [0.3, 0.4) is 0 Å². The first-order chi connectivity index (χ1) is 14.5. The summed E-state index contributed by atoms with van der Waals surface area (Å²) in [6, 6.07) is 18.6. The minimum atomic E-state index is -0.608. The van der Waals surface area contributed by atoms with Crippen LogP contribution in [0.1, 0.15) is 24.8 Å².